The Bertz CT molecular complexity index is 608. The molecule has 1 unspecified atom stereocenters. The second-order valence-corrected chi connectivity index (χ2v) is 5.28. The lowest BCUT2D eigenvalue weighted by atomic mass is 10.0. The van der Waals surface area contributed by atoms with E-state index in [0.29, 0.717) is 18.8 Å². The molecule has 0 amide bonds. The van der Waals surface area contributed by atoms with Crippen molar-refractivity contribution in [2.24, 2.45) is 13.0 Å². The van der Waals surface area contributed by atoms with E-state index in [2.05, 4.69) is 9.97 Å². The Morgan fingerprint density at radius 3 is 2.76 bits per heavy atom. The molecule has 0 saturated heterocycles. The third-order valence-electron chi connectivity index (χ3n) is 3.35. The van der Waals surface area contributed by atoms with E-state index in [-0.39, 0.29) is 11.7 Å². The minimum Gasteiger partial charge on any atom is -0.337 e. The summed E-state index contributed by atoms with van der Waals surface area (Å²) in [7, 11) is 3.88. The molecule has 2 heterocycles. The van der Waals surface area contributed by atoms with Crippen LogP contribution in [0.25, 0.3) is 0 Å². The molecule has 0 aromatic carbocycles. The number of hydrogen-bond donors (Lipinski definition) is 0. The van der Waals surface area contributed by atoms with E-state index in [0.717, 1.165) is 12.0 Å². The van der Waals surface area contributed by atoms with E-state index >= 15 is 0 Å². The zero-order valence-electron chi connectivity index (χ0n) is 12.5. The molecule has 1 atom stereocenters. The highest BCUT2D eigenvalue weighted by atomic mass is 19.1. The molecule has 21 heavy (non-hydrogen) atoms. The molecule has 0 saturated carbocycles. The second-order valence-electron chi connectivity index (χ2n) is 5.28. The Morgan fingerprint density at radius 1 is 1.43 bits per heavy atom. The molecule has 0 aliphatic carbocycles. The van der Waals surface area contributed by atoms with Crippen molar-refractivity contribution in [3.63, 3.8) is 0 Å². The van der Waals surface area contributed by atoms with Gasteiger partial charge in [0.2, 0.25) is 0 Å². The average molecular weight is 290 g/mol. The molecule has 6 heteroatoms. The third-order valence-corrected chi connectivity index (χ3v) is 3.35. The second kappa shape index (κ2) is 6.58. The lowest BCUT2D eigenvalue weighted by Crippen LogP contribution is -2.29. The molecule has 2 rings (SSSR count). The number of carbonyl (C=O) groups is 1. The summed E-state index contributed by atoms with van der Waals surface area (Å²) >= 11 is 0. The zero-order valence-corrected chi connectivity index (χ0v) is 12.5. The average Bonchev–Trinajstić information content (AvgIpc) is 2.84. The summed E-state index contributed by atoms with van der Waals surface area (Å²) in [5.41, 5.74) is 0.300. The van der Waals surface area contributed by atoms with Gasteiger partial charge in [-0.15, -0.1) is 0 Å². The molecule has 0 aliphatic heterocycles. The topological polar surface area (TPSA) is 51.0 Å². The standard InChI is InChI=1S/C15H19FN4O/c1-11(15(21)13-5-4-12(16)8-18-13)9-19(2)10-14-17-6-7-20(14)3/h4-8,11H,9-10H2,1-3H3. The summed E-state index contributed by atoms with van der Waals surface area (Å²) in [6.07, 6.45) is 4.71. The van der Waals surface area contributed by atoms with Gasteiger partial charge in [-0.25, -0.2) is 9.37 Å². The number of halogens is 1. The van der Waals surface area contributed by atoms with Gasteiger partial charge in [0.25, 0.3) is 0 Å². The fraction of sp³-hybridized carbons (Fsp3) is 0.400. The van der Waals surface area contributed by atoms with E-state index in [1.54, 1.807) is 6.20 Å². The molecular weight excluding hydrogens is 271 g/mol. The van der Waals surface area contributed by atoms with Crippen LogP contribution in [0, 0.1) is 11.7 Å². The van der Waals surface area contributed by atoms with Crippen LogP contribution in [0.4, 0.5) is 4.39 Å². The molecule has 2 aromatic rings. The molecule has 0 fully saturated rings. The molecule has 0 radical (unpaired) electrons. The van der Waals surface area contributed by atoms with Crippen LogP contribution in [0.5, 0.6) is 0 Å². The maximum absolute atomic E-state index is 12.8. The fourth-order valence-electron chi connectivity index (χ4n) is 2.18. The predicted octanol–water partition coefficient (Wildman–Crippen LogP) is 1.90. The predicted molar refractivity (Wildman–Crippen MR) is 77.2 cm³/mol. The van der Waals surface area contributed by atoms with Gasteiger partial charge in [0, 0.05) is 31.9 Å². The van der Waals surface area contributed by atoms with Crippen LogP contribution < -0.4 is 0 Å². The van der Waals surface area contributed by atoms with Gasteiger partial charge >= 0.3 is 0 Å². The summed E-state index contributed by atoms with van der Waals surface area (Å²) in [6, 6.07) is 2.68. The van der Waals surface area contributed by atoms with Crippen molar-refractivity contribution in [2.75, 3.05) is 13.6 Å². The SMILES string of the molecule is CC(CN(C)Cc1nccn1C)C(=O)c1ccc(F)cn1. The number of hydrogen-bond acceptors (Lipinski definition) is 4. The van der Waals surface area contributed by atoms with Gasteiger partial charge < -0.3 is 4.57 Å². The first kappa shape index (κ1) is 15.3. The molecule has 0 aliphatic rings. The molecular formula is C15H19FN4O. The number of rotatable bonds is 6. The normalized spacial score (nSPS) is 12.6. The van der Waals surface area contributed by atoms with E-state index in [1.165, 1.54) is 12.1 Å². The lowest BCUT2D eigenvalue weighted by molar-refractivity contribution is 0.0894. The quantitative estimate of drug-likeness (QED) is 0.763. The number of imidazole rings is 1. The van der Waals surface area contributed by atoms with Gasteiger partial charge in [-0.3, -0.25) is 14.7 Å². The Morgan fingerprint density at radius 2 is 2.19 bits per heavy atom. The minimum atomic E-state index is -0.439. The summed E-state index contributed by atoms with van der Waals surface area (Å²) in [5, 5.41) is 0. The highest BCUT2D eigenvalue weighted by Gasteiger charge is 2.19. The summed E-state index contributed by atoms with van der Waals surface area (Å²) in [5.74, 6) is 0.207. The molecule has 0 spiro atoms. The van der Waals surface area contributed by atoms with Crippen molar-refractivity contribution in [3.05, 3.63) is 48.1 Å². The van der Waals surface area contributed by atoms with E-state index in [1.807, 2.05) is 36.7 Å². The van der Waals surface area contributed by atoms with Crippen molar-refractivity contribution in [1.29, 1.82) is 0 Å². The number of carbonyl (C=O) groups excluding carboxylic acids is 1. The molecule has 0 bridgehead atoms. The maximum atomic E-state index is 12.8. The highest BCUT2D eigenvalue weighted by molar-refractivity contribution is 5.95. The van der Waals surface area contributed by atoms with Gasteiger partial charge in [0.15, 0.2) is 5.78 Å². The first-order chi connectivity index (χ1) is 9.97. The lowest BCUT2D eigenvalue weighted by Gasteiger charge is -2.20. The zero-order chi connectivity index (χ0) is 15.4. The number of nitrogens with zero attached hydrogens (tertiary/aromatic N) is 4. The molecule has 5 nitrogen and oxygen atoms in total. The monoisotopic (exact) mass is 290 g/mol. The van der Waals surface area contributed by atoms with Crippen LogP contribution in [0.2, 0.25) is 0 Å². The van der Waals surface area contributed by atoms with Crippen LogP contribution in [-0.2, 0) is 13.6 Å². The van der Waals surface area contributed by atoms with E-state index in [4.69, 9.17) is 0 Å². The Labute approximate surface area is 123 Å². The van der Waals surface area contributed by atoms with Crippen LogP contribution in [0.15, 0.2) is 30.7 Å². The summed E-state index contributed by atoms with van der Waals surface area (Å²) in [4.78, 5) is 22.4. The van der Waals surface area contributed by atoms with E-state index in [9.17, 15) is 9.18 Å². The first-order valence-electron chi connectivity index (χ1n) is 6.78. The van der Waals surface area contributed by atoms with Crippen LogP contribution in [0.1, 0.15) is 23.2 Å². The van der Waals surface area contributed by atoms with Crippen LogP contribution in [-0.4, -0.2) is 38.8 Å². The number of aryl methyl sites for hydroxylation is 1. The molecule has 112 valence electrons. The van der Waals surface area contributed by atoms with E-state index < -0.39 is 5.82 Å². The van der Waals surface area contributed by atoms with Crippen molar-refractivity contribution in [2.45, 2.75) is 13.5 Å². The number of Topliss-reactive ketones (excluding diaryl/α,β-unsaturated/α-hetero) is 1. The van der Waals surface area contributed by atoms with Gasteiger partial charge in [0.1, 0.15) is 17.3 Å². The Hall–Kier alpha value is -2.08. The number of aromatic nitrogens is 3. The Kier molecular flexibility index (Phi) is 4.80. The van der Waals surface area contributed by atoms with Crippen molar-refractivity contribution < 1.29 is 9.18 Å². The molecule has 2 aromatic heterocycles. The summed E-state index contributed by atoms with van der Waals surface area (Å²) < 4.78 is 14.8. The largest absolute Gasteiger partial charge is 0.337 e. The fourth-order valence-corrected chi connectivity index (χ4v) is 2.18. The smallest absolute Gasteiger partial charge is 0.185 e. The van der Waals surface area contributed by atoms with Crippen LogP contribution in [0.3, 0.4) is 0 Å². The van der Waals surface area contributed by atoms with Crippen LogP contribution >= 0.6 is 0 Å². The Balaban J connectivity index is 1.94. The third kappa shape index (κ3) is 3.95. The molecule has 0 N–H and O–H groups in total. The number of pyridine rings is 1. The minimum absolute atomic E-state index is 0.0818. The maximum Gasteiger partial charge on any atom is 0.185 e. The highest BCUT2D eigenvalue weighted by Crippen LogP contribution is 2.10. The number of ketones is 1. The summed E-state index contributed by atoms with van der Waals surface area (Å²) in [6.45, 7) is 3.10. The van der Waals surface area contributed by atoms with Gasteiger partial charge in [0.05, 0.1) is 12.7 Å². The van der Waals surface area contributed by atoms with Gasteiger partial charge in [-0.05, 0) is 19.2 Å². The first-order valence-corrected chi connectivity index (χ1v) is 6.78. The van der Waals surface area contributed by atoms with Gasteiger partial charge in [-0.1, -0.05) is 6.92 Å². The van der Waals surface area contributed by atoms with Crippen molar-refractivity contribution in [1.82, 2.24) is 19.4 Å². The van der Waals surface area contributed by atoms with Crippen molar-refractivity contribution >= 4 is 5.78 Å². The van der Waals surface area contributed by atoms with Crippen molar-refractivity contribution in [3.8, 4) is 0 Å². The van der Waals surface area contributed by atoms with Gasteiger partial charge in [-0.2, -0.15) is 0 Å².